The Bertz CT molecular complexity index is 653. The Hall–Kier alpha value is -1.80. The van der Waals surface area contributed by atoms with Gasteiger partial charge in [0.2, 0.25) is 0 Å². The molecule has 0 spiro atoms. The van der Waals surface area contributed by atoms with E-state index in [-0.39, 0.29) is 11.4 Å². The second-order valence-electron chi connectivity index (χ2n) is 5.15. The SMILES string of the molecule is CNC(C)(C)COc1cccc2c1C(N)=NS(=O)(=O)N2. The van der Waals surface area contributed by atoms with Crippen molar-refractivity contribution in [3.8, 4) is 5.75 Å². The van der Waals surface area contributed by atoms with Crippen molar-refractivity contribution in [3.63, 3.8) is 0 Å². The number of nitrogens with zero attached hydrogens (tertiary/aromatic N) is 1. The molecular formula is C12H18N4O3S. The zero-order valence-electron chi connectivity index (χ0n) is 11.6. The number of benzene rings is 1. The fraction of sp³-hybridized carbons (Fsp3) is 0.417. The molecule has 1 aliphatic rings. The van der Waals surface area contributed by atoms with Crippen LogP contribution in [-0.2, 0) is 10.2 Å². The number of nitrogens with one attached hydrogen (secondary N) is 2. The lowest BCUT2D eigenvalue weighted by atomic mass is 10.1. The van der Waals surface area contributed by atoms with Gasteiger partial charge in [-0.1, -0.05) is 6.07 Å². The Morgan fingerprint density at radius 3 is 2.80 bits per heavy atom. The van der Waals surface area contributed by atoms with Crippen molar-refractivity contribution in [2.75, 3.05) is 18.4 Å². The van der Waals surface area contributed by atoms with E-state index in [0.29, 0.717) is 23.6 Å². The first-order valence-electron chi connectivity index (χ1n) is 6.07. The molecule has 0 fully saturated rings. The van der Waals surface area contributed by atoms with Gasteiger partial charge in [-0.15, -0.1) is 4.40 Å². The Labute approximate surface area is 118 Å². The van der Waals surface area contributed by atoms with Gasteiger partial charge in [-0.2, -0.15) is 8.42 Å². The van der Waals surface area contributed by atoms with Crippen molar-refractivity contribution >= 4 is 21.7 Å². The largest absolute Gasteiger partial charge is 0.491 e. The van der Waals surface area contributed by atoms with Crippen molar-refractivity contribution in [2.24, 2.45) is 10.1 Å². The lowest BCUT2D eigenvalue weighted by molar-refractivity contribution is 0.217. The molecule has 110 valence electrons. The average molecular weight is 298 g/mol. The van der Waals surface area contributed by atoms with Crippen molar-refractivity contribution in [3.05, 3.63) is 23.8 Å². The maximum absolute atomic E-state index is 11.5. The van der Waals surface area contributed by atoms with Crippen LogP contribution in [0, 0.1) is 0 Å². The van der Waals surface area contributed by atoms with Gasteiger partial charge in [0.25, 0.3) is 0 Å². The van der Waals surface area contributed by atoms with Crippen molar-refractivity contribution in [1.82, 2.24) is 5.32 Å². The van der Waals surface area contributed by atoms with Crippen LogP contribution in [0.25, 0.3) is 0 Å². The standard InChI is InChI=1S/C12H18N4O3S/c1-12(2,14-3)7-19-9-6-4-5-8-10(9)11(13)16-20(17,18)15-8/h4-6,14-15H,7H2,1-3H3,(H2,13,16). The summed E-state index contributed by atoms with van der Waals surface area (Å²) < 4.78 is 34.4. The highest BCUT2D eigenvalue weighted by Crippen LogP contribution is 2.30. The van der Waals surface area contributed by atoms with Crippen molar-refractivity contribution < 1.29 is 13.2 Å². The maximum atomic E-state index is 11.5. The third kappa shape index (κ3) is 3.02. The van der Waals surface area contributed by atoms with Crippen LogP contribution in [0.4, 0.5) is 5.69 Å². The van der Waals surface area contributed by atoms with E-state index in [1.54, 1.807) is 18.2 Å². The maximum Gasteiger partial charge on any atom is 0.344 e. The number of hydrogen-bond acceptors (Lipinski definition) is 5. The van der Waals surface area contributed by atoms with E-state index in [2.05, 4.69) is 14.4 Å². The summed E-state index contributed by atoms with van der Waals surface area (Å²) in [5, 5.41) is 3.12. The zero-order chi connectivity index (χ0) is 15.0. The fourth-order valence-corrected chi connectivity index (χ4v) is 2.51. The Morgan fingerprint density at radius 2 is 2.15 bits per heavy atom. The van der Waals surface area contributed by atoms with Gasteiger partial charge >= 0.3 is 10.2 Å². The normalized spacial score (nSPS) is 16.9. The molecule has 1 aliphatic heterocycles. The molecule has 20 heavy (non-hydrogen) atoms. The molecule has 0 unspecified atom stereocenters. The van der Waals surface area contributed by atoms with Gasteiger partial charge in [0.05, 0.1) is 11.3 Å². The van der Waals surface area contributed by atoms with Crippen LogP contribution in [-0.4, -0.2) is 33.4 Å². The van der Waals surface area contributed by atoms with Gasteiger partial charge in [-0.05, 0) is 33.0 Å². The molecular weight excluding hydrogens is 280 g/mol. The monoisotopic (exact) mass is 298 g/mol. The van der Waals surface area contributed by atoms with Gasteiger partial charge in [0, 0.05) is 5.54 Å². The summed E-state index contributed by atoms with van der Waals surface area (Å²) in [6.07, 6.45) is 0. The first-order chi connectivity index (χ1) is 9.24. The average Bonchev–Trinajstić information content (AvgIpc) is 2.34. The summed E-state index contributed by atoms with van der Waals surface area (Å²) >= 11 is 0. The van der Waals surface area contributed by atoms with Crippen LogP contribution in [0.15, 0.2) is 22.6 Å². The number of nitrogens with two attached hydrogens (primary N) is 1. The quantitative estimate of drug-likeness (QED) is 0.748. The molecule has 0 saturated carbocycles. The minimum Gasteiger partial charge on any atom is -0.491 e. The second-order valence-corrected chi connectivity index (χ2v) is 6.49. The van der Waals surface area contributed by atoms with Crippen LogP contribution in [0.5, 0.6) is 5.75 Å². The molecule has 7 nitrogen and oxygen atoms in total. The fourth-order valence-electron chi connectivity index (χ4n) is 1.67. The molecule has 0 bridgehead atoms. The second kappa shape index (κ2) is 4.95. The summed E-state index contributed by atoms with van der Waals surface area (Å²) in [5.41, 5.74) is 6.35. The number of anilines is 1. The molecule has 0 amide bonds. The highest BCUT2D eigenvalue weighted by Gasteiger charge is 2.25. The van der Waals surface area contributed by atoms with Gasteiger partial charge in [0.1, 0.15) is 12.4 Å². The number of ether oxygens (including phenoxy) is 1. The molecule has 1 heterocycles. The van der Waals surface area contributed by atoms with E-state index in [0.717, 1.165) is 0 Å². The predicted octanol–water partition coefficient (Wildman–Crippen LogP) is 0.439. The lowest BCUT2D eigenvalue weighted by Gasteiger charge is -2.26. The Balaban J connectivity index is 2.35. The smallest absolute Gasteiger partial charge is 0.344 e. The molecule has 0 aliphatic carbocycles. The molecule has 1 aromatic rings. The summed E-state index contributed by atoms with van der Waals surface area (Å²) in [5.74, 6) is 0.422. The third-order valence-electron chi connectivity index (χ3n) is 3.01. The number of amidine groups is 1. The Kier molecular flexibility index (Phi) is 3.61. The first-order valence-corrected chi connectivity index (χ1v) is 7.51. The van der Waals surface area contributed by atoms with Crippen LogP contribution in [0.2, 0.25) is 0 Å². The lowest BCUT2D eigenvalue weighted by Crippen LogP contribution is -2.42. The molecule has 2 rings (SSSR count). The molecule has 1 aromatic carbocycles. The number of fused-ring (bicyclic) bond motifs is 1. The van der Waals surface area contributed by atoms with Gasteiger partial charge in [-0.25, -0.2) is 0 Å². The van der Waals surface area contributed by atoms with Gasteiger partial charge in [0.15, 0.2) is 5.84 Å². The molecule has 4 N–H and O–H groups in total. The van der Waals surface area contributed by atoms with E-state index < -0.39 is 10.2 Å². The summed E-state index contributed by atoms with van der Waals surface area (Å²) in [6.45, 7) is 4.38. The van der Waals surface area contributed by atoms with Gasteiger partial charge in [-0.3, -0.25) is 4.72 Å². The topological polar surface area (TPSA) is 106 Å². The number of rotatable bonds is 4. The minimum absolute atomic E-state index is 0.0726. The number of hydrogen-bond donors (Lipinski definition) is 3. The molecule has 0 atom stereocenters. The third-order valence-corrected chi connectivity index (χ3v) is 3.92. The molecule has 8 heteroatoms. The summed E-state index contributed by atoms with van der Waals surface area (Å²) in [7, 11) is -1.92. The van der Waals surface area contributed by atoms with Crippen molar-refractivity contribution in [2.45, 2.75) is 19.4 Å². The van der Waals surface area contributed by atoms with E-state index in [1.807, 2.05) is 20.9 Å². The van der Waals surface area contributed by atoms with Gasteiger partial charge < -0.3 is 15.8 Å². The Morgan fingerprint density at radius 1 is 1.45 bits per heavy atom. The van der Waals surface area contributed by atoms with Crippen LogP contribution in [0.1, 0.15) is 19.4 Å². The predicted molar refractivity (Wildman–Crippen MR) is 78.3 cm³/mol. The van der Waals surface area contributed by atoms with Crippen LogP contribution >= 0.6 is 0 Å². The van der Waals surface area contributed by atoms with Crippen LogP contribution < -0.4 is 20.5 Å². The summed E-state index contributed by atoms with van der Waals surface area (Å²) in [4.78, 5) is 0. The highest BCUT2D eigenvalue weighted by atomic mass is 32.2. The van der Waals surface area contributed by atoms with Crippen molar-refractivity contribution in [1.29, 1.82) is 0 Å². The van der Waals surface area contributed by atoms with E-state index in [4.69, 9.17) is 10.5 Å². The zero-order valence-corrected chi connectivity index (χ0v) is 12.4. The van der Waals surface area contributed by atoms with Crippen LogP contribution in [0.3, 0.4) is 0 Å². The highest BCUT2D eigenvalue weighted by molar-refractivity contribution is 7.91. The number of likely N-dealkylation sites (N-methyl/N-ethyl adjacent to an activating group) is 1. The molecule has 0 radical (unpaired) electrons. The summed E-state index contributed by atoms with van der Waals surface area (Å²) in [6, 6.07) is 5.04. The first kappa shape index (κ1) is 14.6. The van der Waals surface area contributed by atoms with E-state index in [9.17, 15) is 8.42 Å². The molecule has 0 saturated heterocycles. The van der Waals surface area contributed by atoms with E-state index in [1.165, 1.54) is 0 Å². The minimum atomic E-state index is -3.77. The molecule has 0 aromatic heterocycles. The van der Waals surface area contributed by atoms with E-state index >= 15 is 0 Å².